The third kappa shape index (κ3) is 5.21. The predicted molar refractivity (Wildman–Crippen MR) is 87.1 cm³/mol. The maximum atomic E-state index is 12.1. The van der Waals surface area contributed by atoms with Crippen molar-refractivity contribution in [3.05, 3.63) is 29.3 Å². The monoisotopic (exact) mass is 341 g/mol. The lowest BCUT2D eigenvalue weighted by molar-refractivity contribution is -0.139. The zero-order valence-corrected chi connectivity index (χ0v) is 14.2. The van der Waals surface area contributed by atoms with Crippen LogP contribution in [-0.2, 0) is 27.7 Å². The number of aryl methyl sites for hydroxylation is 1. The van der Waals surface area contributed by atoms with Crippen molar-refractivity contribution in [2.24, 2.45) is 5.92 Å². The Morgan fingerprint density at radius 3 is 2.78 bits per heavy atom. The second-order valence-electron chi connectivity index (χ2n) is 6.25. The summed E-state index contributed by atoms with van der Waals surface area (Å²) >= 11 is 0. The fraction of sp³-hybridized carbons (Fsp3) is 0.562. The molecule has 1 aliphatic rings. The molecule has 0 spiro atoms. The molecule has 0 saturated carbocycles. The van der Waals surface area contributed by atoms with Crippen molar-refractivity contribution in [2.45, 2.75) is 39.2 Å². The number of carboxylic acids is 1. The summed E-state index contributed by atoms with van der Waals surface area (Å²) in [7, 11) is -3.65. The van der Waals surface area contributed by atoms with Gasteiger partial charge in [-0.2, -0.15) is 0 Å². The Labute approximate surface area is 136 Å². The van der Waals surface area contributed by atoms with Crippen molar-refractivity contribution in [2.75, 3.05) is 12.4 Å². The zero-order valence-electron chi connectivity index (χ0n) is 13.4. The van der Waals surface area contributed by atoms with Gasteiger partial charge in [0.25, 0.3) is 0 Å². The molecule has 0 fully saturated rings. The third-order valence-corrected chi connectivity index (χ3v) is 5.13. The van der Waals surface area contributed by atoms with E-state index in [9.17, 15) is 13.2 Å². The number of hydrogen-bond donors (Lipinski definition) is 2. The molecule has 1 aromatic rings. The summed E-state index contributed by atoms with van der Waals surface area (Å²) in [5.41, 5.74) is 2.01. The molecule has 0 unspecified atom stereocenters. The molecule has 2 rings (SSSR count). The number of rotatable bonds is 8. The van der Waals surface area contributed by atoms with Gasteiger partial charge in [0.05, 0.1) is 12.4 Å². The van der Waals surface area contributed by atoms with Crippen molar-refractivity contribution in [1.82, 2.24) is 4.72 Å². The predicted octanol–water partition coefficient (Wildman–Crippen LogP) is 1.58. The number of carbonyl (C=O) groups is 1. The van der Waals surface area contributed by atoms with Gasteiger partial charge in [0.2, 0.25) is 10.0 Å². The Bertz CT molecular complexity index is 669. The van der Waals surface area contributed by atoms with Crippen LogP contribution >= 0.6 is 0 Å². The Balaban J connectivity index is 1.96. The number of hydrogen-bond acceptors (Lipinski definition) is 4. The summed E-state index contributed by atoms with van der Waals surface area (Å²) in [5.74, 6) is -0.320. The normalized spacial score (nSPS) is 15.3. The molecular formula is C16H23NO5S. The minimum absolute atomic E-state index is 0.0931. The quantitative estimate of drug-likeness (QED) is 0.749. The van der Waals surface area contributed by atoms with Gasteiger partial charge in [-0.15, -0.1) is 0 Å². The van der Waals surface area contributed by atoms with Crippen LogP contribution in [-0.4, -0.2) is 37.9 Å². The highest BCUT2D eigenvalue weighted by Gasteiger charge is 2.24. The number of carboxylic acid groups (broad SMARTS) is 1. The maximum absolute atomic E-state index is 12.1. The van der Waals surface area contributed by atoms with Crippen LogP contribution in [0, 0.1) is 5.92 Å². The van der Waals surface area contributed by atoms with Crippen LogP contribution in [0.2, 0.25) is 0 Å². The number of fused-ring (bicyclic) bond motifs is 1. The molecule has 0 amide bonds. The zero-order chi connectivity index (χ0) is 17.0. The van der Waals surface area contributed by atoms with E-state index in [0.29, 0.717) is 13.0 Å². The lowest BCUT2D eigenvalue weighted by Crippen LogP contribution is -2.42. The third-order valence-electron chi connectivity index (χ3n) is 3.74. The van der Waals surface area contributed by atoms with Crippen molar-refractivity contribution in [1.29, 1.82) is 0 Å². The van der Waals surface area contributed by atoms with Gasteiger partial charge >= 0.3 is 5.97 Å². The fourth-order valence-corrected chi connectivity index (χ4v) is 3.85. The summed E-state index contributed by atoms with van der Waals surface area (Å²) < 4.78 is 32.0. The highest BCUT2D eigenvalue weighted by molar-refractivity contribution is 7.89. The molecule has 1 heterocycles. The standard InChI is InChI=1S/C16H23NO5S/c1-11(2)9-14(16(18)19)17-23(20,21)8-6-12-3-4-15-13(10-12)5-7-22-15/h3-4,10-11,14,17H,5-9H2,1-2H3,(H,18,19)/t14-/m1/s1. The first-order valence-corrected chi connectivity index (χ1v) is 9.39. The minimum Gasteiger partial charge on any atom is -0.493 e. The van der Waals surface area contributed by atoms with Crippen LogP contribution < -0.4 is 9.46 Å². The SMILES string of the molecule is CC(C)C[C@@H](NS(=O)(=O)CCc1ccc2c(c1)CCO2)C(=O)O. The summed E-state index contributed by atoms with van der Waals surface area (Å²) in [6, 6.07) is 4.59. The number of ether oxygens (including phenoxy) is 1. The molecule has 23 heavy (non-hydrogen) atoms. The van der Waals surface area contributed by atoms with E-state index in [4.69, 9.17) is 9.84 Å². The molecular weight excluding hydrogens is 318 g/mol. The molecule has 6 nitrogen and oxygen atoms in total. The molecule has 0 radical (unpaired) electrons. The number of nitrogens with one attached hydrogen (secondary N) is 1. The van der Waals surface area contributed by atoms with Gasteiger partial charge in [0.15, 0.2) is 0 Å². The molecule has 128 valence electrons. The second-order valence-corrected chi connectivity index (χ2v) is 8.12. The highest BCUT2D eigenvalue weighted by Crippen LogP contribution is 2.26. The Kier molecular flexibility index (Phi) is 5.64. The molecule has 0 aromatic heterocycles. The summed E-state index contributed by atoms with van der Waals surface area (Å²) in [5, 5.41) is 9.14. The Hall–Kier alpha value is -1.60. The van der Waals surface area contributed by atoms with E-state index < -0.39 is 22.0 Å². The molecule has 7 heteroatoms. The van der Waals surface area contributed by atoms with Crippen molar-refractivity contribution in [3.8, 4) is 5.75 Å². The van der Waals surface area contributed by atoms with E-state index in [1.165, 1.54) is 0 Å². The van der Waals surface area contributed by atoms with Crippen LogP contribution in [0.25, 0.3) is 0 Å². The molecule has 1 aromatic carbocycles. The van der Waals surface area contributed by atoms with Crippen LogP contribution in [0.1, 0.15) is 31.4 Å². The highest BCUT2D eigenvalue weighted by atomic mass is 32.2. The van der Waals surface area contributed by atoms with E-state index >= 15 is 0 Å². The smallest absolute Gasteiger partial charge is 0.321 e. The summed E-state index contributed by atoms with van der Waals surface area (Å²) in [4.78, 5) is 11.2. The Morgan fingerprint density at radius 1 is 1.39 bits per heavy atom. The minimum atomic E-state index is -3.65. The molecule has 0 saturated heterocycles. The van der Waals surface area contributed by atoms with E-state index in [1.54, 1.807) is 0 Å². The largest absolute Gasteiger partial charge is 0.493 e. The first-order valence-electron chi connectivity index (χ1n) is 7.74. The van der Waals surface area contributed by atoms with Crippen molar-refractivity contribution >= 4 is 16.0 Å². The first-order chi connectivity index (χ1) is 10.8. The molecule has 0 bridgehead atoms. The van der Waals surface area contributed by atoms with Gasteiger partial charge in [-0.05, 0) is 36.0 Å². The molecule has 1 atom stereocenters. The maximum Gasteiger partial charge on any atom is 0.321 e. The van der Waals surface area contributed by atoms with E-state index in [1.807, 2.05) is 32.0 Å². The molecule has 0 aliphatic carbocycles. The van der Waals surface area contributed by atoms with Gasteiger partial charge < -0.3 is 9.84 Å². The van der Waals surface area contributed by atoms with Crippen molar-refractivity contribution in [3.63, 3.8) is 0 Å². The van der Waals surface area contributed by atoms with E-state index in [2.05, 4.69) is 4.72 Å². The van der Waals surface area contributed by atoms with Crippen LogP contribution in [0.5, 0.6) is 5.75 Å². The summed E-state index contributed by atoms with van der Waals surface area (Å²) in [6.45, 7) is 4.38. The first kappa shape index (κ1) is 17.7. The topological polar surface area (TPSA) is 92.7 Å². The van der Waals surface area contributed by atoms with Gasteiger partial charge in [-0.25, -0.2) is 13.1 Å². The van der Waals surface area contributed by atoms with Gasteiger partial charge in [0.1, 0.15) is 11.8 Å². The average Bonchev–Trinajstić information content (AvgIpc) is 2.91. The second kappa shape index (κ2) is 7.31. The van der Waals surface area contributed by atoms with Gasteiger partial charge in [-0.3, -0.25) is 4.79 Å². The van der Waals surface area contributed by atoms with Crippen LogP contribution in [0.3, 0.4) is 0 Å². The van der Waals surface area contributed by atoms with E-state index in [-0.39, 0.29) is 18.1 Å². The van der Waals surface area contributed by atoms with Gasteiger partial charge in [0, 0.05) is 6.42 Å². The molecule has 2 N–H and O–H groups in total. The number of aliphatic carboxylic acids is 1. The van der Waals surface area contributed by atoms with Gasteiger partial charge in [-0.1, -0.05) is 26.0 Å². The van der Waals surface area contributed by atoms with Crippen LogP contribution in [0.15, 0.2) is 18.2 Å². The number of sulfonamides is 1. The fourth-order valence-electron chi connectivity index (χ4n) is 2.59. The van der Waals surface area contributed by atoms with E-state index in [0.717, 1.165) is 23.3 Å². The Morgan fingerprint density at radius 2 is 2.13 bits per heavy atom. The summed E-state index contributed by atoms with van der Waals surface area (Å²) in [6.07, 6.45) is 1.45. The lowest BCUT2D eigenvalue weighted by Gasteiger charge is -2.16. The molecule has 1 aliphatic heterocycles. The lowest BCUT2D eigenvalue weighted by atomic mass is 10.1. The van der Waals surface area contributed by atoms with Crippen molar-refractivity contribution < 1.29 is 23.1 Å². The van der Waals surface area contributed by atoms with Crippen LogP contribution in [0.4, 0.5) is 0 Å². The average molecular weight is 341 g/mol. The number of benzene rings is 1.